The van der Waals surface area contributed by atoms with Gasteiger partial charge in [0.2, 0.25) is 0 Å². The van der Waals surface area contributed by atoms with Gasteiger partial charge in [-0.3, -0.25) is 0 Å². The number of carbonyl (C=O) groups excluding carboxylic acids is 3. The van der Waals surface area contributed by atoms with E-state index in [1.165, 1.54) is 21.3 Å². The van der Waals surface area contributed by atoms with E-state index in [1.54, 1.807) is 36.4 Å². The Morgan fingerprint density at radius 1 is 0.393 bits per heavy atom. The summed E-state index contributed by atoms with van der Waals surface area (Å²) in [6.07, 6.45) is 7.92. The molecule has 3 aromatic heterocycles. The van der Waals surface area contributed by atoms with Crippen LogP contribution in [0.4, 0.5) is 5.69 Å². The topological polar surface area (TPSA) is 162 Å². The van der Waals surface area contributed by atoms with Crippen molar-refractivity contribution >= 4 is 70.0 Å². The number of hydrogen-bond donors (Lipinski definition) is 3. The van der Waals surface area contributed by atoms with Crippen LogP contribution in [0.25, 0.3) is 90.9 Å². The second-order valence-corrected chi connectivity index (χ2v) is 14.3. The van der Waals surface area contributed by atoms with Crippen LogP contribution in [0.5, 0.6) is 0 Å². The van der Waals surface area contributed by atoms with Gasteiger partial charge >= 0.3 is 17.9 Å². The summed E-state index contributed by atoms with van der Waals surface area (Å²) in [4.78, 5) is 55.3. The Kier molecular flexibility index (Phi) is 9.90. The summed E-state index contributed by atoms with van der Waals surface area (Å²) in [5.74, 6) is -1.31. The van der Waals surface area contributed by atoms with E-state index in [4.69, 9.17) is 29.9 Å². The lowest BCUT2D eigenvalue weighted by molar-refractivity contribution is 0.0592. The summed E-state index contributed by atoms with van der Waals surface area (Å²) in [5, 5.41) is 0. The van der Waals surface area contributed by atoms with Crippen LogP contribution in [0.2, 0.25) is 0 Å². The zero-order chi connectivity index (χ0) is 42.2. The maximum absolute atomic E-state index is 12.5. The van der Waals surface area contributed by atoms with E-state index < -0.39 is 17.9 Å². The molecule has 4 N–H and O–H groups in total. The molecule has 61 heavy (non-hydrogen) atoms. The molecule has 0 fully saturated rings. The number of anilines is 1. The Morgan fingerprint density at radius 2 is 0.639 bits per heavy atom. The van der Waals surface area contributed by atoms with Crippen LogP contribution in [0.3, 0.4) is 0 Å². The van der Waals surface area contributed by atoms with Crippen LogP contribution in [-0.2, 0) is 14.2 Å². The lowest BCUT2D eigenvalue weighted by Gasteiger charge is -2.08. The molecule has 11 heteroatoms. The van der Waals surface area contributed by atoms with E-state index in [1.807, 2.05) is 109 Å². The first kappa shape index (κ1) is 38.2. The molecule has 0 radical (unpaired) electrons. The van der Waals surface area contributed by atoms with Gasteiger partial charge in [-0.1, -0.05) is 48.5 Å². The summed E-state index contributed by atoms with van der Waals surface area (Å²) in [7, 11) is 4.07. The van der Waals surface area contributed by atoms with Crippen molar-refractivity contribution in [3.05, 3.63) is 161 Å². The quantitative estimate of drug-likeness (QED) is 0.0809. The van der Waals surface area contributed by atoms with Crippen molar-refractivity contribution in [2.75, 3.05) is 27.1 Å². The monoisotopic (exact) mass is 803 g/mol. The molecule has 0 atom stereocenters. The van der Waals surface area contributed by atoms with Crippen LogP contribution in [-0.4, -0.2) is 59.2 Å². The molecule has 0 unspecified atom stereocenters. The minimum Gasteiger partial charge on any atom is -0.465 e. The molecule has 2 aliphatic rings. The first-order valence-electron chi connectivity index (χ1n) is 19.3. The van der Waals surface area contributed by atoms with Gasteiger partial charge in [0.1, 0.15) is 0 Å². The number of aromatic amines is 2. The summed E-state index contributed by atoms with van der Waals surface area (Å²) in [6, 6.07) is 37.4. The average Bonchev–Trinajstić information content (AvgIpc) is 4.15. The molecule has 11 nitrogen and oxygen atoms in total. The summed E-state index contributed by atoms with van der Waals surface area (Å²) >= 11 is 0. The van der Waals surface area contributed by atoms with E-state index >= 15 is 0 Å². The normalized spacial score (nSPS) is 11.7. The van der Waals surface area contributed by atoms with Gasteiger partial charge in [0.05, 0.1) is 60.8 Å². The molecular formula is C50H37N5O6. The number of carbonyl (C=O) groups is 3. The number of ether oxygens (including phenoxy) is 3. The Bertz CT molecular complexity index is 3060. The minimum absolute atomic E-state index is 0.413. The molecule has 0 amide bonds. The van der Waals surface area contributed by atoms with Gasteiger partial charge in [-0.05, 0) is 119 Å². The maximum atomic E-state index is 12.5. The third-order valence-electron chi connectivity index (χ3n) is 10.7. The number of aromatic nitrogens is 4. The van der Waals surface area contributed by atoms with Crippen molar-refractivity contribution in [3.63, 3.8) is 0 Å². The van der Waals surface area contributed by atoms with Crippen LogP contribution in [0.15, 0.2) is 121 Å². The molecular weight excluding hydrogens is 767 g/mol. The molecule has 0 saturated carbocycles. The second-order valence-electron chi connectivity index (χ2n) is 14.3. The highest BCUT2D eigenvalue weighted by molar-refractivity contribution is 6.01. The SMILES string of the molecule is COC(=O)c1ccc(-c2c3nc(c(-c4ccc(C(=O)OC)cc4)c4ccc([nH]4)c(-c4ccc(C(=O)OC)cc4)c4nc(c(-c5ccc(N)cc5)c5ccc2[nH]5)C=C4)C=C3)cc1. The number of nitrogens with one attached hydrogen (secondary N) is 2. The molecule has 5 heterocycles. The van der Waals surface area contributed by atoms with Crippen molar-refractivity contribution < 1.29 is 28.6 Å². The zero-order valence-electron chi connectivity index (χ0n) is 33.3. The highest BCUT2D eigenvalue weighted by Gasteiger charge is 2.20. The van der Waals surface area contributed by atoms with Gasteiger partial charge in [0, 0.05) is 50.0 Å². The second kappa shape index (κ2) is 15.8. The number of nitrogen functional groups attached to an aromatic ring is 1. The molecule has 9 rings (SSSR count). The van der Waals surface area contributed by atoms with Crippen molar-refractivity contribution in [1.82, 2.24) is 19.9 Å². The molecule has 2 aliphatic heterocycles. The van der Waals surface area contributed by atoms with E-state index in [9.17, 15) is 14.4 Å². The zero-order valence-corrected chi connectivity index (χ0v) is 33.3. The van der Waals surface area contributed by atoms with Crippen molar-refractivity contribution in [2.45, 2.75) is 0 Å². The first-order chi connectivity index (χ1) is 29.7. The Balaban J connectivity index is 1.41. The van der Waals surface area contributed by atoms with Crippen LogP contribution in [0, 0.1) is 0 Å². The Hall–Kier alpha value is -8.31. The van der Waals surface area contributed by atoms with Crippen LogP contribution >= 0.6 is 0 Å². The predicted octanol–water partition coefficient (Wildman–Crippen LogP) is 10.3. The van der Waals surface area contributed by atoms with E-state index in [0.29, 0.717) is 45.2 Å². The minimum atomic E-state index is -0.441. The fraction of sp³-hybridized carbons (Fsp3) is 0.0600. The molecule has 298 valence electrons. The Morgan fingerprint density at radius 3 is 0.885 bits per heavy atom. The van der Waals surface area contributed by atoms with E-state index in [-0.39, 0.29) is 0 Å². The van der Waals surface area contributed by atoms with Gasteiger partial charge in [-0.2, -0.15) is 0 Å². The van der Waals surface area contributed by atoms with Gasteiger partial charge < -0.3 is 29.9 Å². The van der Waals surface area contributed by atoms with E-state index in [0.717, 1.165) is 66.6 Å². The average molecular weight is 804 g/mol. The lowest BCUT2D eigenvalue weighted by Crippen LogP contribution is -2.00. The highest BCUT2D eigenvalue weighted by atomic mass is 16.5. The Labute approximate surface area is 349 Å². The van der Waals surface area contributed by atoms with E-state index in [2.05, 4.69) is 9.97 Å². The molecule has 4 aromatic carbocycles. The van der Waals surface area contributed by atoms with Gasteiger partial charge in [-0.15, -0.1) is 0 Å². The number of fused-ring (bicyclic) bond motifs is 8. The standard InChI is InChI=1S/C50H37N5O6/c1-59-48(56)32-10-4-28(5-11-32)44-36-20-22-38(52-36)45(29-6-12-33(13-7-29)49(57)60-2)40-24-26-42(54-40)47(31-16-18-35(51)19-17-31)43-27-25-41(55-43)46(39-23-21-37(44)53-39)30-8-14-34(15-9-30)50(58)61-3/h4-27,52,55H,51H2,1-3H3. The number of methoxy groups -OCH3 is 3. The van der Waals surface area contributed by atoms with Gasteiger partial charge in [0.15, 0.2) is 0 Å². The van der Waals surface area contributed by atoms with Crippen molar-refractivity contribution in [2.24, 2.45) is 0 Å². The lowest BCUT2D eigenvalue weighted by atomic mass is 10.0. The van der Waals surface area contributed by atoms with Crippen molar-refractivity contribution in [3.8, 4) is 44.5 Å². The molecule has 0 spiro atoms. The summed E-state index contributed by atoms with van der Waals surface area (Å²) < 4.78 is 15.0. The largest absolute Gasteiger partial charge is 0.465 e. The van der Waals surface area contributed by atoms with Gasteiger partial charge in [-0.25, -0.2) is 24.4 Å². The highest BCUT2D eigenvalue weighted by Crippen LogP contribution is 2.39. The summed E-state index contributed by atoms with van der Waals surface area (Å²) in [5.41, 5.74) is 20.5. The number of nitrogens with zero attached hydrogens (tertiary/aromatic N) is 2. The number of rotatable bonds is 7. The number of hydrogen-bond acceptors (Lipinski definition) is 9. The summed E-state index contributed by atoms with van der Waals surface area (Å²) in [6.45, 7) is 0. The fourth-order valence-electron chi connectivity index (χ4n) is 7.74. The smallest absolute Gasteiger partial charge is 0.337 e. The van der Waals surface area contributed by atoms with Crippen LogP contribution in [0.1, 0.15) is 53.8 Å². The van der Waals surface area contributed by atoms with Gasteiger partial charge in [0.25, 0.3) is 0 Å². The molecule has 8 bridgehead atoms. The number of benzene rings is 4. The third-order valence-corrected chi connectivity index (χ3v) is 10.7. The predicted molar refractivity (Wildman–Crippen MR) is 239 cm³/mol. The molecule has 7 aromatic rings. The number of esters is 3. The first-order valence-corrected chi connectivity index (χ1v) is 19.3. The van der Waals surface area contributed by atoms with Crippen molar-refractivity contribution in [1.29, 1.82) is 0 Å². The van der Waals surface area contributed by atoms with Crippen LogP contribution < -0.4 is 5.73 Å². The molecule has 0 aliphatic carbocycles. The number of nitrogens with two attached hydrogens (primary N) is 1. The maximum Gasteiger partial charge on any atom is 0.337 e. The molecule has 0 saturated heterocycles. The number of H-pyrrole nitrogens is 2. The fourth-order valence-corrected chi connectivity index (χ4v) is 7.74. The third kappa shape index (κ3) is 7.14.